The summed E-state index contributed by atoms with van der Waals surface area (Å²) in [7, 11) is 0. The van der Waals surface area contributed by atoms with Gasteiger partial charge >= 0.3 is 0 Å². The van der Waals surface area contributed by atoms with Crippen molar-refractivity contribution >= 4 is 28.6 Å². The van der Waals surface area contributed by atoms with E-state index < -0.39 is 0 Å². The monoisotopic (exact) mass is 390 g/mol. The summed E-state index contributed by atoms with van der Waals surface area (Å²) in [6.45, 7) is 10.3. The lowest BCUT2D eigenvalue weighted by Crippen LogP contribution is -2.38. The van der Waals surface area contributed by atoms with E-state index in [1.807, 2.05) is 45.0 Å². The van der Waals surface area contributed by atoms with Gasteiger partial charge in [-0.3, -0.25) is 9.59 Å². The van der Waals surface area contributed by atoms with Crippen LogP contribution in [0.15, 0.2) is 29.2 Å². The van der Waals surface area contributed by atoms with Crippen LogP contribution in [-0.2, 0) is 4.79 Å². The van der Waals surface area contributed by atoms with Crippen molar-refractivity contribution in [2.24, 2.45) is 11.3 Å². The molecule has 0 spiro atoms. The minimum atomic E-state index is -0.285. The number of hydrogen-bond donors (Lipinski definition) is 2. The third-order valence-electron chi connectivity index (χ3n) is 5.06. The van der Waals surface area contributed by atoms with Crippen LogP contribution in [0.1, 0.15) is 73.1 Å². The largest absolute Gasteiger partial charge is 0.342 e. The number of anilines is 1. The topological polar surface area (TPSA) is 58.2 Å². The minimum absolute atomic E-state index is 0.111. The number of thioether (sulfide) groups is 1. The molecule has 5 heteroatoms. The molecule has 0 saturated heterocycles. The van der Waals surface area contributed by atoms with Crippen molar-refractivity contribution in [2.45, 2.75) is 83.6 Å². The lowest BCUT2D eigenvalue weighted by molar-refractivity contribution is -0.125. The Kier molecular flexibility index (Phi) is 7.38. The zero-order valence-electron chi connectivity index (χ0n) is 17.4. The van der Waals surface area contributed by atoms with E-state index in [2.05, 4.69) is 24.5 Å². The van der Waals surface area contributed by atoms with Crippen molar-refractivity contribution in [2.75, 3.05) is 5.32 Å². The third-order valence-corrected chi connectivity index (χ3v) is 5.92. The molecule has 0 radical (unpaired) electrons. The van der Waals surface area contributed by atoms with Crippen LogP contribution in [0.3, 0.4) is 0 Å². The fourth-order valence-corrected chi connectivity index (χ4v) is 4.49. The number of para-hydroxylation sites is 1. The average Bonchev–Trinajstić information content (AvgIpc) is 3.03. The Bertz CT molecular complexity index is 659. The van der Waals surface area contributed by atoms with Gasteiger partial charge in [-0.15, -0.1) is 0 Å². The molecule has 1 saturated carbocycles. The van der Waals surface area contributed by atoms with E-state index in [0.717, 1.165) is 60.9 Å². The molecule has 0 atom stereocenters. The first kappa shape index (κ1) is 21.8. The van der Waals surface area contributed by atoms with E-state index in [9.17, 15) is 9.59 Å². The van der Waals surface area contributed by atoms with E-state index in [-0.39, 0.29) is 22.1 Å². The summed E-state index contributed by atoms with van der Waals surface area (Å²) in [5.74, 6) is 0.712. The molecule has 0 unspecified atom stereocenters. The van der Waals surface area contributed by atoms with E-state index in [1.165, 1.54) is 0 Å². The van der Waals surface area contributed by atoms with Gasteiger partial charge in [0.1, 0.15) is 0 Å². The van der Waals surface area contributed by atoms with E-state index in [0.29, 0.717) is 5.92 Å². The van der Waals surface area contributed by atoms with Crippen LogP contribution in [-0.4, -0.2) is 16.7 Å². The lowest BCUT2D eigenvalue weighted by Gasteiger charge is -2.29. The van der Waals surface area contributed by atoms with Gasteiger partial charge in [0.05, 0.1) is 5.69 Å². The van der Waals surface area contributed by atoms with E-state index in [4.69, 9.17) is 0 Å². The molecule has 0 heterocycles. The maximum atomic E-state index is 13.2. The molecular weight excluding hydrogens is 356 g/mol. The smallest absolute Gasteiger partial charge is 0.284 e. The molecule has 2 N–H and O–H groups in total. The quantitative estimate of drug-likeness (QED) is 0.567. The highest BCUT2D eigenvalue weighted by atomic mass is 32.2. The molecule has 2 amide bonds. The summed E-state index contributed by atoms with van der Waals surface area (Å²) in [5.41, 5.74) is 0.190. The van der Waals surface area contributed by atoms with Gasteiger partial charge in [0, 0.05) is 15.8 Å². The maximum Gasteiger partial charge on any atom is 0.284 e. The summed E-state index contributed by atoms with van der Waals surface area (Å²) in [5, 5.41) is 5.99. The summed E-state index contributed by atoms with van der Waals surface area (Å²) in [6, 6.07) is 7.57. The predicted molar refractivity (Wildman–Crippen MR) is 114 cm³/mol. The number of benzene rings is 1. The summed E-state index contributed by atoms with van der Waals surface area (Å²) in [4.78, 5) is 26.3. The summed E-state index contributed by atoms with van der Waals surface area (Å²) >= 11 is 1.13. The highest BCUT2D eigenvalue weighted by Crippen LogP contribution is 2.44. The summed E-state index contributed by atoms with van der Waals surface area (Å²) < 4.78 is 0. The van der Waals surface area contributed by atoms with Gasteiger partial charge in [0.2, 0.25) is 5.91 Å². The van der Waals surface area contributed by atoms with Gasteiger partial charge in [-0.2, -0.15) is 0 Å². The lowest BCUT2D eigenvalue weighted by atomic mass is 9.79. The van der Waals surface area contributed by atoms with Gasteiger partial charge in [-0.25, -0.2) is 0 Å². The van der Waals surface area contributed by atoms with Gasteiger partial charge < -0.3 is 10.6 Å². The Morgan fingerprint density at radius 3 is 2.37 bits per heavy atom. The van der Waals surface area contributed by atoms with Crippen molar-refractivity contribution in [1.29, 1.82) is 0 Å². The van der Waals surface area contributed by atoms with Crippen molar-refractivity contribution in [3.05, 3.63) is 24.3 Å². The second kappa shape index (κ2) is 9.13. The first-order chi connectivity index (χ1) is 12.6. The molecule has 1 aliphatic rings. The second-order valence-electron chi connectivity index (χ2n) is 9.13. The first-order valence-electron chi connectivity index (χ1n) is 10.0. The number of nitrogens with one attached hydrogen (secondary N) is 2. The zero-order valence-corrected chi connectivity index (χ0v) is 18.2. The van der Waals surface area contributed by atoms with Gasteiger partial charge in [-0.05, 0) is 76.3 Å². The SMILES string of the molecule is CC(C)CCC1(C(=O)Nc2ccccc2SC(=O)NC(C)(C)C)CCCC1. The Balaban J connectivity index is 2.12. The number of amides is 2. The molecule has 1 aromatic carbocycles. The van der Waals surface area contributed by atoms with Crippen molar-refractivity contribution in [3.8, 4) is 0 Å². The van der Waals surface area contributed by atoms with E-state index in [1.54, 1.807) is 0 Å². The molecule has 0 bridgehead atoms. The van der Waals surface area contributed by atoms with Crippen molar-refractivity contribution < 1.29 is 9.59 Å². The van der Waals surface area contributed by atoms with Crippen LogP contribution < -0.4 is 10.6 Å². The van der Waals surface area contributed by atoms with Crippen LogP contribution >= 0.6 is 11.8 Å². The van der Waals surface area contributed by atoms with Gasteiger partial charge in [-0.1, -0.05) is 38.8 Å². The molecule has 4 nitrogen and oxygen atoms in total. The molecular formula is C22H34N2O2S. The first-order valence-corrected chi connectivity index (χ1v) is 10.8. The van der Waals surface area contributed by atoms with Crippen molar-refractivity contribution in [3.63, 3.8) is 0 Å². The molecule has 0 aromatic heterocycles. The number of hydrogen-bond acceptors (Lipinski definition) is 3. The number of carbonyl (C=O) groups excluding carboxylic acids is 2. The standard InChI is InChI=1S/C22H34N2O2S/c1-16(2)12-15-22(13-8-9-14-22)19(25)23-17-10-6-7-11-18(17)27-20(26)24-21(3,4)5/h6-7,10-11,16H,8-9,12-15H2,1-5H3,(H,23,25)(H,24,26). The Morgan fingerprint density at radius 2 is 1.78 bits per heavy atom. The van der Waals surface area contributed by atoms with Gasteiger partial charge in [0.25, 0.3) is 5.24 Å². The third kappa shape index (κ3) is 6.56. The molecule has 0 aliphatic heterocycles. The predicted octanol–water partition coefficient (Wildman–Crippen LogP) is 6.22. The van der Waals surface area contributed by atoms with Crippen LogP contribution in [0.2, 0.25) is 0 Å². The second-order valence-corrected chi connectivity index (χ2v) is 10.1. The van der Waals surface area contributed by atoms with Crippen LogP contribution in [0.25, 0.3) is 0 Å². The highest BCUT2D eigenvalue weighted by molar-refractivity contribution is 8.13. The van der Waals surface area contributed by atoms with Crippen molar-refractivity contribution in [1.82, 2.24) is 5.32 Å². The highest BCUT2D eigenvalue weighted by Gasteiger charge is 2.40. The van der Waals surface area contributed by atoms with Crippen LogP contribution in [0, 0.1) is 11.3 Å². The molecule has 1 aromatic rings. The summed E-state index contributed by atoms with van der Waals surface area (Å²) in [6.07, 6.45) is 6.18. The molecule has 150 valence electrons. The maximum absolute atomic E-state index is 13.2. The molecule has 2 rings (SSSR count). The fraction of sp³-hybridized carbons (Fsp3) is 0.636. The van der Waals surface area contributed by atoms with E-state index >= 15 is 0 Å². The average molecular weight is 391 g/mol. The Morgan fingerprint density at radius 1 is 1.15 bits per heavy atom. The zero-order chi connectivity index (χ0) is 20.1. The van der Waals surface area contributed by atoms with Crippen LogP contribution in [0.4, 0.5) is 10.5 Å². The number of carbonyl (C=O) groups is 2. The molecule has 27 heavy (non-hydrogen) atoms. The Labute approximate surface area is 168 Å². The minimum Gasteiger partial charge on any atom is -0.342 e. The molecule has 1 aliphatic carbocycles. The Hall–Kier alpha value is -1.49. The fourth-order valence-electron chi connectivity index (χ4n) is 3.55. The number of rotatable bonds is 6. The molecule has 1 fully saturated rings. The normalized spacial score (nSPS) is 16.4. The van der Waals surface area contributed by atoms with Gasteiger partial charge in [0.15, 0.2) is 0 Å². The van der Waals surface area contributed by atoms with Crippen LogP contribution in [0.5, 0.6) is 0 Å².